The Hall–Kier alpha value is -0.340. The summed E-state index contributed by atoms with van der Waals surface area (Å²) in [4.78, 5) is 2.37. The van der Waals surface area contributed by atoms with Gasteiger partial charge in [0, 0.05) is 12.6 Å². The number of nitrogens with zero attached hydrogens (tertiary/aromatic N) is 1. The SMILES string of the molecule is C/C=C/CNCCCN(C)C(C)C. The first-order valence-electron chi connectivity index (χ1n) is 5.20. The number of hydrogen-bond donors (Lipinski definition) is 1. The molecule has 78 valence electrons. The van der Waals surface area contributed by atoms with Crippen molar-refractivity contribution < 1.29 is 0 Å². The third-order valence-electron chi connectivity index (χ3n) is 2.24. The van der Waals surface area contributed by atoms with Crippen LogP contribution in [0, 0.1) is 0 Å². The Kier molecular flexibility index (Phi) is 8.05. The van der Waals surface area contributed by atoms with Crippen LogP contribution in [0.25, 0.3) is 0 Å². The van der Waals surface area contributed by atoms with Gasteiger partial charge in [-0.1, -0.05) is 12.2 Å². The molecule has 13 heavy (non-hydrogen) atoms. The topological polar surface area (TPSA) is 15.3 Å². The van der Waals surface area contributed by atoms with E-state index in [4.69, 9.17) is 0 Å². The van der Waals surface area contributed by atoms with E-state index in [9.17, 15) is 0 Å². The number of rotatable bonds is 7. The fraction of sp³-hybridized carbons (Fsp3) is 0.818. The second-order valence-corrected chi connectivity index (χ2v) is 3.70. The Bertz CT molecular complexity index is 130. The highest BCUT2D eigenvalue weighted by Crippen LogP contribution is 1.93. The van der Waals surface area contributed by atoms with E-state index in [2.05, 4.69) is 43.3 Å². The zero-order valence-electron chi connectivity index (χ0n) is 9.51. The van der Waals surface area contributed by atoms with Gasteiger partial charge in [0.2, 0.25) is 0 Å². The highest BCUT2D eigenvalue weighted by molar-refractivity contribution is 4.79. The van der Waals surface area contributed by atoms with Gasteiger partial charge in [0.25, 0.3) is 0 Å². The Morgan fingerprint density at radius 2 is 2.08 bits per heavy atom. The average molecular weight is 184 g/mol. The van der Waals surface area contributed by atoms with Crippen molar-refractivity contribution in [3.63, 3.8) is 0 Å². The van der Waals surface area contributed by atoms with Gasteiger partial charge >= 0.3 is 0 Å². The lowest BCUT2D eigenvalue weighted by Gasteiger charge is -2.20. The summed E-state index contributed by atoms with van der Waals surface area (Å²) in [6.07, 6.45) is 5.45. The molecule has 0 unspecified atom stereocenters. The van der Waals surface area contributed by atoms with E-state index in [-0.39, 0.29) is 0 Å². The van der Waals surface area contributed by atoms with Crippen LogP contribution in [0.15, 0.2) is 12.2 Å². The fourth-order valence-electron chi connectivity index (χ4n) is 1.01. The van der Waals surface area contributed by atoms with Gasteiger partial charge in [-0.2, -0.15) is 0 Å². The Morgan fingerprint density at radius 3 is 2.62 bits per heavy atom. The van der Waals surface area contributed by atoms with Gasteiger partial charge in [-0.15, -0.1) is 0 Å². The lowest BCUT2D eigenvalue weighted by Crippen LogP contribution is -2.29. The minimum Gasteiger partial charge on any atom is -0.313 e. The van der Waals surface area contributed by atoms with Crippen LogP contribution in [0.4, 0.5) is 0 Å². The monoisotopic (exact) mass is 184 g/mol. The summed E-state index contributed by atoms with van der Waals surface area (Å²) < 4.78 is 0. The van der Waals surface area contributed by atoms with Crippen molar-refractivity contribution in [1.29, 1.82) is 0 Å². The Balaban J connectivity index is 3.16. The molecule has 0 amide bonds. The van der Waals surface area contributed by atoms with Crippen molar-refractivity contribution in [3.8, 4) is 0 Å². The molecule has 2 heteroatoms. The van der Waals surface area contributed by atoms with Gasteiger partial charge in [-0.25, -0.2) is 0 Å². The molecule has 0 aliphatic rings. The molecule has 0 radical (unpaired) electrons. The molecule has 0 atom stereocenters. The van der Waals surface area contributed by atoms with Gasteiger partial charge in [0.05, 0.1) is 0 Å². The minimum atomic E-state index is 0.663. The van der Waals surface area contributed by atoms with Crippen molar-refractivity contribution in [2.45, 2.75) is 33.2 Å². The third kappa shape index (κ3) is 8.00. The van der Waals surface area contributed by atoms with E-state index in [1.807, 2.05) is 6.92 Å². The highest BCUT2D eigenvalue weighted by Gasteiger charge is 2.00. The first-order valence-corrected chi connectivity index (χ1v) is 5.20. The molecule has 0 saturated heterocycles. The largest absolute Gasteiger partial charge is 0.313 e. The van der Waals surface area contributed by atoms with E-state index in [1.165, 1.54) is 13.0 Å². The number of hydrogen-bond acceptors (Lipinski definition) is 2. The summed E-state index contributed by atoms with van der Waals surface area (Å²) in [6, 6.07) is 0.663. The van der Waals surface area contributed by atoms with Crippen LogP contribution in [0.5, 0.6) is 0 Å². The van der Waals surface area contributed by atoms with Crippen LogP contribution < -0.4 is 5.32 Å². The summed E-state index contributed by atoms with van der Waals surface area (Å²) in [6.45, 7) is 9.80. The van der Waals surface area contributed by atoms with Crippen LogP contribution in [-0.4, -0.2) is 37.6 Å². The fourth-order valence-corrected chi connectivity index (χ4v) is 1.01. The van der Waals surface area contributed by atoms with Crippen molar-refractivity contribution in [2.75, 3.05) is 26.7 Å². The maximum absolute atomic E-state index is 3.37. The molecule has 2 nitrogen and oxygen atoms in total. The molecule has 0 bridgehead atoms. The molecular weight excluding hydrogens is 160 g/mol. The van der Waals surface area contributed by atoms with Crippen LogP contribution in [0.2, 0.25) is 0 Å². The lowest BCUT2D eigenvalue weighted by molar-refractivity contribution is 0.270. The predicted molar refractivity (Wildman–Crippen MR) is 60.1 cm³/mol. The molecule has 0 aliphatic carbocycles. The summed E-state index contributed by atoms with van der Waals surface area (Å²) in [5.41, 5.74) is 0. The Morgan fingerprint density at radius 1 is 1.38 bits per heavy atom. The van der Waals surface area contributed by atoms with Crippen LogP contribution in [0.1, 0.15) is 27.2 Å². The predicted octanol–water partition coefficient (Wildman–Crippen LogP) is 1.88. The summed E-state index contributed by atoms with van der Waals surface area (Å²) in [5, 5.41) is 3.37. The molecule has 0 heterocycles. The molecule has 0 aromatic heterocycles. The second kappa shape index (κ2) is 8.27. The van der Waals surface area contributed by atoms with E-state index >= 15 is 0 Å². The smallest absolute Gasteiger partial charge is 0.0134 e. The maximum Gasteiger partial charge on any atom is 0.0134 e. The van der Waals surface area contributed by atoms with Gasteiger partial charge in [-0.3, -0.25) is 0 Å². The third-order valence-corrected chi connectivity index (χ3v) is 2.24. The molecule has 0 spiro atoms. The van der Waals surface area contributed by atoms with Crippen LogP contribution in [0.3, 0.4) is 0 Å². The summed E-state index contributed by atoms with van der Waals surface area (Å²) in [7, 11) is 2.18. The van der Waals surface area contributed by atoms with E-state index in [1.54, 1.807) is 0 Å². The second-order valence-electron chi connectivity index (χ2n) is 3.70. The van der Waals surface area contributed by atoms with Crippen molar-refractivity contribution in [3.05, 3.63) is 12.2 Å². The number of nitrogens with one attached hydrogen (secondary N) is 1. The van der Waals surface area contributed by atoms with Crippen molar-refractivity contribution in [1.82, 2.24) is 10.2 Å². The first-order chi connectivity index (χ1) is 6.18. The zero-order chi connectivity index (χ0) is 10.1. The minimum absolute atomic E-state index is 0.663. The van der Waals surface area contributed by atoms with E-state index in [0.717, 1.165) is 13.1 Å². The number of allylic oxidation sites excluding steroid dienone is 1. The van der Waals surface area contributed by atoms with Crippen molar-refractivity contribution >= 4 is 0 Å². The average Bonchev–Trinajstić information content (AvgIpc) is 2.10. The molecule has 0 fully saturated rings. The van der Waals surface area contributed by atoms with Gasteiger partial charge in [0.1, 0.15) is 0 Å². The quantitative estimate of drug-likeness (QED) is 0.480. The van der Waals surface area contributed by atoms with E-state index in [0.29, 0.717) is 6.04 Å². The molecule has 1 N–H and O–H groups in total. The summed E-state index contributed by atoms with van der Waals surface area (Å²) in [5.74, 6) is 0. The van der Waals surface area contributed by atoms with Gasteiger partial charge in [-0.05, 0) is 47.3 Å². The normalized spacial score (nSPS) is 12.2. The maximum atomic E-state index is 3.37. The molecular formula is C11H24N2. The Labute approximate surface area is 83.0 Å². The highest BCUT2D eigenvalue weighted by atomic mass is 15.1. The zero-order valence-corrected chi connectivity index (χ0v) is 9.51. The van der Waals surface area contributed by atoms with E-state index < -0.39 is 0 Å². The van der Waals surface area contributed by atoms with Crippen LogP contribution >= 0.6 is 0 Å². The first kappa shape index (κ1) is 12.7. The molecule has 0 rings (SSSR count). The molecule has 0 saturated carbocycles. The standard InChI is InChI=1S/C11H24N2/c1-5-6-8-12-9-7-10-13(4)11(2)3/h5-6,11-12H,7-10H2,1-4H3/b6-5+. The van der Waals surface area contributed by atoms with Crippen molar-refractivity contribution in [2.24, 2.45) is 0 Å². The van der Waals surface area contributed by atoms with Gasteiger partial charge in [0.15, 0.2) is 0 Å². The molecule has 0 aliphatic heterocycles. The van der Waals surface area contributed by atoms with Crippen LogP contribution in [-0.2, 0) is 0 Å². The summed E-state index contributed by atoms with van der Waals surface area (Å²) >= 11 is 0. The molecule has 0 aromatic rings. The van der Waals surface area contributed by atoms with Gasteiger partial charge < -0.3 is 10.2 Å². The molecule has 0 aromatic carbocycles. The lowest BCUT2D eigenvalue weighted by atomic mass is 10.3.